The molecule has 0 bridgehead atoms. The van der Waals surface area contributed by atoms with Gasteiger partial charge in [0.15, 0.2) is 0 Å². The van der Waals surface area contributed by atoms with Crippen LogP contribution in [0.5, 0.6) is 11.5 Å². The molecule has 0 radical (unpaired) electrons. The fourth-order valence-electron chi connectivity index (χ4n) is 5.55. The van der Waals surface area contributed by atoms with E-state index in [9.17, 15) is 19.4 Å². The average molecular weight is 517 g/mol. The predicted molar refractivity (Wildman–Crippen MR) is 135 cm³/mol. The highest BCUT2D eigenvalue weighted by Crippen LogP contribution is 2.48. The van der Waals surface area contributed by atoms with Gasteiger partial charge in [0.25, 0.3) is 0 Å². The van der Waals surface area contributed by atoms with Gasteiger partial charge in [-0.25, -0.2) is 9.37 Å². The zero-order valence-electron chi connectivity index (χ0n) is 20.4. The molecule has 2 N–H and O–H groups in total. The van der Waals surface area contributed by atoms with Crippen LogP contribution in [0.1, 0.15) is 25.8 Å². The second-order valence-electron chi connectivity index (χ2n) is 10.2. The van der Waals surface area contributed by atoms with Crippen molar-refractivity contribution in [2.24, 2.45) is 0 Å². The molecule has 2 atom stereocenters. The molecule has 2 saturated heterocycles. The molecular formula is C26H30ClFN4O4. The highest BCUT2D eigenvalue weighted by Gasteiger charge is 2.42. The lowest BCUT2D eigenvalue weighted by molar-refractivity contribution is -0.129. The predicted octanol–water partition coefficient (Wildman–Crippen LogP) is 3.19. The minimum absolute atomic E-state index is 0.0820. The lowest BCUT2D eigenvalue weighted by Gasteiger charge is -2.40. The van der Waals surface area contributed by atoms with Crippen LogP contribution in [0.15, 0.2) is 30.9 Å². The Morgan fingerprint density at radius 1 is 1.33 bits per heavy atom. The number of carbonyl (C=O) groups excluding carboxylic acids is 1. The Hall–Kier alpha value is -2.88. The maximum Gasteiger partial charge on any atom is 0.246 e. The van der Waals surface area contributed by atoms with Crippen LogP contribution in [0, 0.1) is 5.82 Å². The number of fused-ring (bicyclic) bond motifs is 2. The molecule has 2 fully saturated rings. The zero-order valence-corrected chi connectivity index (χ0v) is 21.1. The van der Waals surface area contributed by atoms with Gasteiger partial charge in [-0.3, -0.25) is 9.69 Å². The number of hydrogen-bond donors (Lipinski definition) is 2. The number of aliphatic hydroxyl groups is 1. The number of aliphatic hydroxyl groups excluding tert-OH is 1. The van der Waals surface area contributed by atoms with Crippen LogP contribution in [0.2, 0.25) is 5.02 Å². The molecule has 0 spiro atoms. The first-order valence-corrected chi connectivity index (χ1v) is 12.4. The number of rotatable bonds is 3. The van der Waals surface area contributed by atoms with Crippen LogP contribution in [-0.2, 0) is 11.3 Å². The van der Waals surface area contributed by atoms with Gasteiger partial charge < -0.3 is 24.7 Å². The molecule has 1 aromatic heterocycles. The van der Waals surface area contributed by atoms with Gasteiger partial charge >= 0.3 is 0 Å². The number of nitrogens with zero attached hydrogens (tertiary/aromatic N) is 4. The van der Waals surface area contributed by atoms with Gasteiger partial charge in [0.1, 0.15) is 40.5 Å². The summed E-state index contributed by atoms with van der Waals surface area (Å²) in [6, 6.07) is 3.96. The van der Waals surface area contributed by atoms with E-state index in [0.717, 1.165) is 5.56 Å². The summed E-state index contributed by atoms with van der Waals surface area (Å²) in [7, 11) is 0. The van der Waals surface area contributed by atoms with Crippen LogP contribution in [0.25, 0.3) is 11.3 Å². The van der Waals surface area contributed by atoms with Crippen molar-refractivity contribution >= 4 is 23.3 Å². The van der Waals surface area contributed by atoms with Crippen molar-refractivity contribution in [3.8, 4) is 22.8 Å². The molecule has 4 heterocycles. The number of β-amino-alcohol motifs (C(OH)–C–C–N with tert-alkyl or cyclic N) is 1. The van der Waals surface area contributed by atoms with E-state index in [2.05, 4.69) is 11.5 Å². The number of anilines is 1. The Morgan fingerprint density at radius 2 is 2.11 bits per heavy atom. The van der Waals surface area contributed by atoms with Gasteiger partial charge in [-0.15, -0.1) is 0 Å². The molecule has 0 saturated carbocycles. The standard InChI is InChI=1S/C26H30ClFN4O4/c1-4-20(35)31-9-8-30-13-17-24(36-14-15(30)11-31)22(27)23(21-18(28)6-5-7-19(21)34)29-25(17)32-12-16(33)10-26(32,2)3/h4-7,15-16,33-34H,1,8-14H2,2-3H3/t15-,16-/m1/s1. The fourth-order valence-corrected chi connectivity index (χ4v) is 5.85. The van der Waals surface area contributed by atoms with Crippen molar-refractivity contribution in [3.05, 3.63) is 47.3 Å². The number of hydrogen-bond acceptors (Lipinski definition) is 7. The third kappa shape index (κ3) is 4.19. The minimum Gasteiger partial charge on any atom is -0.507 e. The maximum atomic E-state index is 14.9. The highest BCUT2D eigenvalue weighted by atomic mass is 35.5. The summed E-state index contributed by atoms with van der Waals surface area (Å²) in [5, 5.41) is 21.1. The Balaban J connectivity index is 1.65. The van der Waals surface area contributed by atoms with E-state index in [-0.39, 0.29) is 40.6 Å². The number of benzene rings is 1. The smallest absolute Gasteiger partial charge is 0.246 e. The topological polar surface area (TPSA) is 89.4 Å². The van der Waals surface area contributed by atoms with Crippen molar-refractivity contribution in [3.63, 3.8) is 0 Å². The van der Waals surface area contributed by atoms with Gasteiger partial charge in [-0.2, -0.15) is 0 Å². The molecule has 1 aromatic carbocycles. The summed E-state index contributed by atoms with van der Waals surface area (Å²) < 4.78 is 21.2. The van der Waals surface area contributed by atoms with Gasteiger partial charge in [-0.05, 0) is 38.5 Å². The number of piperazine rings is 1. The molecule has 192 valence electrons. The Labute approximate surface area is 214 Å². The lowest BCUT2D eigenvalue weighted by Crippen LogP contribution is -2.55. The summed E-state index contributed by atoms with van der Waals surface area (Å²) in [5.41, 5.74) is 0.301. The molecule has 36 heavy (non-hydrogen) atoms. The molecular weight excluding hydrogens is 487 g/mol. The number of aromatic hydroxyl groups is 1. The largest absolute Gasteiger partial charge is 0.507 e. The normalized spacial score (nSPS) is 23.5. The monoisotopic (exact) mass is 516 g/mol. The second kappa shape index (κ2) is 9.21. The second-order valence-corrected chi connectivity index (χ2v) is 10.6. The van der Waals surface area contributed by atoms with Crippen molar-refractivity contribution in [2.45, 2.75) is 44.5 Å². The van der Waals surface area contributed by atoms with E-state index in [1.54, 1.807) is 4.90 Å². The fraction of sp³-hybridized carbons (Fsp3) is 0.462. The number of halogens is 2. The molecule has 0 unspecified atom stereocenters. The SMILES string of the molecule is C=CC(=O)N1CCN2Cc3c(N4C[C@H](O)CC4(C)C)nc(-c4c(O)cccc4F)c(Cl)c3OC[C@H]2C1. The van der Waals surface area contributed by atoms with Crippen LogP contribution in [0.3, 0.4) is 0 Å². The third-order valence-electron chi connectivity index (χ3n) is 7.38. The van der Waals surface area contributed by atoms with Crippen LogP contribution in [0.4, 0.5) is 10.2 Å². The molecule has 10 heteroatoms. The summed E-state index contributed by atoms with van der Waals surface area (Å²) >= 11 is 6.83. The van der Waals surface area contributed by atoms with Crippen molar-refractivity contribution in [2.75, 3.05) is 37.7 Å². The van der Waals surface area contributed by atoms with E-state index in [4.69, 9.17) is 21.3 Å². The zero-order chi connectivity index (χ0) is 25.8. The Bertz CT molecular complexity index is 1200. The number of ether oxygens (including phenoxy) is 1. The third-order valence-corrected chi connectivity index (χ3v) is 7.74. The Kier molecular flexibility index (Phi) is 6.34. The number of pyridine rings is 1. The first-order valence-electron chi connectivity index (χ1n) is 12.0. The number of carbonyl (C=O) groups is 1. The van der Waals surface area contributed by atoms with Gasteiger partial charge in [0, 0.05) is 38.3 Å². The molecule has 8 nitrogen and oxygen atoms in total. The number of phenolic OH excluding ortho intramolecular Hbond substituents is 1. The highest BCUT2D eigenvalue weighted by molar-refractivity contribution is 6.35. The molecule has 2 aromatic rings. The van der Waals surface area contributed by atoms with Gasteiger partial charge in [-0.1, -0.05) is 24.2 Å². The number of phenols is 1. The van der Waals surface area contributed by atoms with Crippen molar-refractivity contribution in [1.29, 1.82) is 0 Å². The quantitative estimate of drug-likeness (QED) is 0.606. The van der Waals surface area contributed by atoms with E-state index < -0.39 is 17.5 Å². The Morgan fingerprint density at radius 3 is 2.78 bits per heavy atom. The lowest BCUT2D eigenvalue weighted by atomic mass is 10.00. The summed E-state index contributed by atoms with van der Waals surface area (Å²) in [4.78, 5) is 23.0. The summed E-state index contributed by atoms with van der Waals surface area (Å²) in [6.45, 7) is 10.4. The maximum absolute atomic E-state index is 14.9. The van der Waals surface area contributed by atoms with Crippen molar-refractivity contribution in [1.82, 2.24) is 14.8 Å². The number of aromatic nitrogens is 1. The minimum atomic E-state index is -0.652. The first kappa shape index (κ1) is 24.8. The van der Waals surface area contributed by atoms with Crippen LogP contribution in [-0.4, -0.2) is 81.4 Å². The van der Waals surface area contributed by atoms with Crippen molar-refractivity contribution < 1.29 is 24.1 Å². The van der Waals surface area contributed by atoms with E-state index >= 15 is 0 Å². The summed E-state index contributed by atoms with van der Waals surface area (Å²) in [5.74, 6) is -0.130. The van der Waals surface area contributed by atoms with E-state index in [1.165, 1.54) is 24.3 Å². The number of amides is 1. The molecule has 1 amide bonds. The van der Waals surface area contributed by atoms with Gasteiger partial charge in [0.05, 0.1) is 23.3 Å². The summed E-state index contributed by atoms with van der Waals surface area (Å²) in [6.07, 6.45) is 1.30. The molecule has 5 rings (SSSR count). The van der Waals surface area contributed by atoms with E-state index in [1.807, 2.05) is 18.7 Å². The van der Waals surface area contributed by atoms with Gasteiger partial charge in [0.2, 0.25) is 5.91 Å². The van der Waals surface area contributed by atoms with Crippen LogP contribution < -0.4 is 9.64 Å². The molecule has 0 aliphatic carbocycles. The van der Waals surface area contributed by atoms with E-state index in [0.29, 0.717) is 50.7 Å². The molecule has 3 aliphatic rings. The van der Waals surface area contributed by atoms with Crippen LogP contribution >= 0.6 is 11.6 Å². The average Bonchev–Trinajstić information content (AvgIpc) is 2.99. The first-order chi connectivity index (χ1) is 17.1. The molecule has 3 aliphatic heterocycles.